The molecule has 1 atom stereocenters. The number of sulfone groups is 1. The van der Waals surface area contributed by atoms with Crippen LogP contribution in [0.3, 0.4) is 0 Å². The molecule has 2 amide bonds. The zero-order valence-electron chi connectivity index (χ0n) is 17.1. The van der Waals surface area contributed by atoms with Crippen molar-refractivity contribution in [3.05, 3.63) is 23.8 Å². The highest BCUT2D eigenvalue weighted by Crippen LogP contribution is 2.37. The second-order valence-corrected chi connectivity index (χ2v) is 11.0. The number of hydrogen-bond acceptors (Lipinski definition) is 4. The van der Waals surface area contributed by atoms with E-state index in [1.54, 1.807) is 30.0 Å². The molecule has 1 N–H and O–H groups in total. The van der Waals surface area contributed by atoms with Gasteiger partial charge in [-0.3, -0.25) is 9.59 Å². The van der Waals surface area contributed by atoms with Gasteiger partial charge in [-0.05, 0) is 70.2 Å². The van der Waals surface area contributed by atoms with Crippen LogP contribution in [0.1, 0.15) is 58.9 Å². The Labute approximate surface area is 167 Å². The van der Waals surface area contributed by atoms with Crippen LogP contribution in [0.5, 0.6) is 0 Å². The number of rotatable bonds is 7. The molecule has 6 nitrogen and oxygen atoms in total. The molecule has 7 heteroatoms. The Morgan fingerprint density at radius 1 is 1.29 bits per heavy atom. The number of anilines is 1. The molecule has 28 heavy (non-hydrogen) atoms. The zero-order valence-corrected chi connectivity index (χ0v) is 17.9. The first-order valence-electron chi connectivity index (χ1n) is 10.0. The predicted molar refractivity (Wildman–Crippen MR) is 109 cm³/mol. The maximum atomic E-state index is 13.0. The van der Waals surface area contributed by atoms with Crippen molar-refractivity contribution in [2.45, 2.75) is 75.5 Å². The maximum Gasteiger partial charge on any atom is 0.230 e. The van der Waals surface area contributed by atoms with Crippen LogP contribution in [0.2, 0.25) is 0 Å². The van der Waals surface area contributed by atoms with Gasteiger partial charge in [-0.15, -0.1) is 0 Å². The van der Waals surface area contributed by atoms with Crippen molar-refractivity contribution in [3.63, 3.8) is 0 Å². The van der Waals surface area contributed by atoms with E-state index in [0.29, 0.717) is 13.0 Å². The first kappa shape index (κ1) is 20.8. The molecule has 0 unspecified atom stereocenters. The number of nitrogens with zero attached hydrogens (tertiary/aromatic N) is 1. The highest BCUT2D eigenvalue weighted by Gasteiger charge is 2.37. The summed E-state index contributed by atoms with van der Waals surface area (Å²) < 4.78 is 26.0. The third-order valence-corrected chi connectivity index (χ3v) is 7.97. The van der Waals surface area contributed by atoms with Crippen LogP contribution in [-0.2, 0) is 25.8 Å². The lowest BCUT2D eigenvalue weighted by Gasteiger charge is -2.25. The molecule has 1 aliphatic heterocycles. The van der Waals surface area contributed by atoms with Gasteiger partial charge in [0.2, 0.25) is 11.8 Å². The summed E-state index contributed by atoms with van der Waals surface area (Å²) in [7, 11) is -3.62. The fraction of sp³-hybridized carbons (Fsp3) is 0.619. The molecular weight excluding hydrogens is 376 g/mol. The third kappa shape index (κ3) is 4.24. The second kappa shape index (κ2) is 7.50. The van der Waals surface area contributed by atoms with Gasteiger partial charge in [-0.25, -0.2) is 8.42 Å². The van der Waals surface area contributed by atoms with Crippen LogP contribution in [0.4, 0.5) is 5.69 Å². The summed E-state index contributed by atoms with van der Waals surface area (Å²) in [5.74, 6) is 0.0310. The van der Waals surface area contributed by atoms with Gasteiger partial charge in [0.1, 0.15) is 0 Å². The highest BCUT2D eigenvalue weighted by molar-refractivity contribution is 7.92. The summed E-state index contributed by atoms with van der Waals surface area (Å²) in [5, 5.41) is 2.07. The van der Waals surface area contributed by atoms with E-state index in [1.165, 1.54) is 0 Å². The molecule has 0 saturated heterocycles. The Kier molecular flexibility index (Phi) is 5.58. The second-order valence-electron chi connectivity index (χ2n) is 8.65. The molecular formula is C21H30N2O4S. The van der Waals surface area contributed by atoms with Crippen molar-refractivity contribution in [2.75, 3.05) is 11.4 Å². The first-order chi connectivity index (χ1) is 13.0. The fourth-order valence-corrected chi connectivity index (χ4v) is 4.85. The van der Waals surface area contributed by atoms with Crippen molar-refractivity contribution >= 4 is 27.3 Å². The molecule has 1 saturated carbocycles. The largest absolute Gasteiger partial charge is 0.351 e. The number of fused-ring (bicyclic) bond motifs is 1. The number of nitrogens with one attached hydrogen (secondary N) is 1. The highest BCUT2D eigenvalue weighted by atomic mass is 32.2. The molecule has 1 aliphatic carbocycles. The first-order valence-corrected chi connectivity index (χ1v) is 11.6. The minimum Gasteiger partial charge on any atom is -0.351 e. The number of amides is 2. The van der Waals surface area contributed by atoms with E-state index in [2.05, 4.69) is 5.32 Å². The molecule has 1 heterocycles. The number of carbonyl (C=O) groups excluding carboxylic acids is 2. The van der Waals surface area contributed by atoms with Crippen molar-refractivity contribution in [1.82, 2.24) is 5.32 Å². The predicted octanol–water partition coefficient (Wildman–Crippen LogP) is 2.84. The summed E-state index contributed by atoms with van der Waals surface area (Å²) in [6.07, 6.45) is 3.25. The number of hydrogen-bond donors (Lipinski definition) is 1. The summed E-state index contributed by atoms with van der Waals surface area (Å²) in [6.45, 7) is 7.99. The molecule has 1 aromatic rings. The van der Waals surface area contributed by atoms with E-state index >= 15 is 0 Å². The Balaban J connectivity index is 1.73. The number of carbonyl (C=O) groups is 2. The summed E-state index contributed by atoms with van der Waals surface area (Å²) in [5.41, 5.74) is 1.36. The Morgan fingerprint density at radius 2 is 1.96 bits per heavy atom. The topological polar surface area (TPSA) is 83.6 Å². The van der Waals surface area contributed by atoms with Gasteiger partial charge >= 0.3 is 0 Å². The van der Waals surface area contributed by atoms with Crippen LogP contribution in [0.15, 0.2) is 23.1 Å². The molecule has 154 valence electrons. The van der Waals surface area contributed by atoms with Crippen LogP contribution in [-0.4, -0.2) is 37.6 Å². The van der Waals surface area contributed by atoms with Gasteiger partial charge < -0.3 is 10.2 Å². The Morgan fingerprint density at radius 3 is 2.57 bits per heavy atom. The van der Waals surface area contributed by atoms with E-state index in [1.807, 2.05) is 20.8 Å². The summed E-state index contributed by atoms with van der Waals surface area (Å²) >= 11 is 0. The van der Waals surface area contributed by atoms with Crippen LogP contribution in [0, 0.1) is 5.92 Å². The van der Waals surface area contributed by atoms with Gasteiger partial charge in [-0.2, -0.15) is 0 Å². The van der Waals surface area contributed by atoms with Gasteiger partial charge in [0.15, 0.2) is 9.84 Å². The van der Waals surface area contributed by atoms with Crippen molar-refractivity contribution in [1.29, 1.82) is 0 Å². The van der Waals surface area contributed by atoms with E-state index in [9.17, 15) is 18.0 Å². The SMILES string of the molecule is CCC(C)(C)NC(=O)C[C@@H](C)S(=O)(=O)c1ccc2c(c1)CCN2C(=O)C1CC1. The van der Waals surface area contributed by atoms with E-state index in [4.69, 9.17) is 0 Å². The standard InChI is InChI=1S/C21H30N2O4S/c1-5-21(3,4)22-19(24)12-14(2)28(26,27)17-8-9-18-16(13-17)10-11-23(18)20(25)15-6-7-15/h8-9,13-15H,5-7,10-12H2,1-4H3,(H,22,24)/t14-/m1/s1. The van der Waals surface area contributed by atoms with E-state index in [-0.39, 0.29) is 34.6 Å². The lowest BCUT2D eigenvalue weighted by molar-refractivity contribution is -0.122. The van der Waals surface area contributed by atoms with Gasteiger partial charge in [0, 0.05) is 30.1 Å². The lowest BCUT2D eigenvalue weighted by atomic mass is 10.0. The molecule has 3 rings (SSSR count). The Bertz CT molecular complexity index is 888. The maximum absolute atomic E-state index is 13.0. The van der Waals surface area contributed by atoms with Gasteiger partial charge in [-0.1, -0.05) is 6.92 Å². The quantitative estimate of drug-likeness (QED) is 0.755. The number of benzene rings is 1. The monoisotopic (exact) mass is 406 g/mol. The van der Waals surface area contributed by atoms with Gasteiger partial charge in [0.05, 0.1) is 10.1 Å². The molecule has 0 bridgehead atoms. The average Bonchev–Trinajstić information content (AvgIpc) is 3.39. The molecule has 0 radical (unpaired) electrons. The van der Waals surface area contributed by atoms with Crippen LogP contribution < -0.4 is 10.2 Å². The normalized spacial score (nSPS) is 17.9. The van der Waals surface area contributed by atoms with Crippen molar-refractivity contribution in [2.24, 2.45) is 5.92 Å². The van der Waals surface area contributed by atoms with E-state index in [0.717, 1.165) is 30.5 Å². The smallest absolute Gasteiger partial charge is 0.230 e. The minimum atomic E-state index is -3.62. The molecule has 0 aromatic heterocycles. The third-order valence-electron chi connectivity index (χ3n) is 5.83. The lowest BCUT2D eigenvalue weighted by Crippen LogP contribution is -2.44. The van der Waals surface area contributed by atoms with Crippen LogP contribution >= 0.6 is 0 Å². The zero-order chi connectivity index (χ0) is 20.7. The fourth-order valence-electron chi connectivity index (χ4n) is 3.45. The van der Waals surface area contributed by atoms with E-state index < -0.39 is 15.1 Å². The molecule has 1 aromatic carbocycles. The van der Waals surface area contributed by atoms with Gasteiger partial charge in [0.25, 0.3) is 0 Å². The average molecular weight is 407 g/mol. The minimum absolute atomic E-state index is 0.0743. The molecule has 2 aliphatic rings. The summed E-state index contributed by atoms with van der Waals surface area (Å²) in [4.78, 5) is 26.7. The van der Waals surface area contributed by atoms with Crippen molar-refractivity contribution < 1.29 is 18.0 Å². The Hall–Kier alpha value is -1.89. The summed E-state index contributed by atoms with van der Waals surface area (Å²) in [6, 6.07) is 4.98. The van der Waals surface area contributed by atoms with Crippen molar-refractivity contribution in [3.8, 4) is 0 Å². The molecule has 1 fully saturated rings. The molecule has 0 spiro atoms. The van der Waals surface area contributed by atoms with Crippen LogP contribution in [0.25, 0.3) is 0 Å².